The van der Waals surface area contributed by atoms with Crippen LogP contribution in [0.3, 0.4) is 0 Å². The number of carbonyl (C=O) groups excluding carboxylic acids is 3. The van der Waals surface area contributed by atoms with Crippen molar-refractivity contribution in [1.82, 2.24) is 5.32 Å². The standard InChI is InChI=1S/C28H29NO3S/c1-16-13-21-22(28(5,6)12-11-27(21,3)4)15-20(16)17(2)24(30)19-9-7-18(8-10-19)14-23-25(31)29-26(32)33-23/h7-10,13-15H,2,11-12H2,1,3-6H3,(H,29,31,32)/b23-14-. The number of hydrogen-bond donors (Lipinski definition) is 1. The first-order valence-electron chi connectivity index (χ1n) is 11.1. The lowest BCUT2D eigenvalue weighted by molar-refractivity contribution is -0.115. The van der Waals surface area contributed by atoms with Crippen molar-refractivity contribution in [2.45, 2.75) is 58.3 Å². The molecule has 0 atom stereocenters. The molecular formula is C28H29NO3S. The van der Waals surface area contributed by atoms with Gasteiger partial charge in [0.1, 0.15) is 0 Å². The molecular weight excluding hydrogens is 430 g/mol. The average Bonchev–Trinajstić information content (AvgIpc) is 3.07. The average molecular weight is 460 g/mol. The smallest absolute Gasteiger partial charge is 0.289 e. The molecule has 2 aromatic carbocycles. The number of aryl methyl sites for hydroxylation is 1. The Hall–Kier alpha value is -2.92. The van der Waals surface area contributed by atoms with E-state index in [1.807, 2.05) is 6.92 Å². The van der Waals surface area contributed by atoms with Crippen LogP contribution in [-0.2, 0) is 15.6 Å². The van der Waals surface area contributed by atoms with E-state index in [1.165, 1.54) is 11.1 Å². The zero-order valence-corrected chi connectivity index (χ0v) is 20.6. The quantitative estimate of drug-likeness (QED) is 0.415. The highest BCUT2D eigenvalue weighted by Gasteiger charge is 2.37. The monoisotopic (exact) mass is 459 g/mol. The Morgan fingerprint density at radius 3 is 2.12 bits per heavy atom. The number of Topliss-reactive ketones (excluding diaryl/α,β-unsaturated/α-hetero) is 1. The zero-order valence-electron chi connectivity index (χ0n) is 19.8. The molecule has 2 amide bonds. The summed E-state index contributed by atoms with van der Waals surface area (Å²) in [5.41, 5.74) is 6.57. The third-order valence-electron chi connectivity index (χ3n) is 6.91. The first-order valence-corrected chi connectivity index (χ1v) is 12.0. The third-order valence-corrected chi connectivity index (χ3v) is 7.72. The van der Waals surface area contributed by atoms with E-state index in [0.29, 0.717) is 16.0 Å². The Morgan fingerprint density at radius 1 is 1.00 bits per heavy atom. The van der Waals surface area contributed by atoms with Gasteiger partial charge in [0.15, 0.2) is 5.78 Å². The summed E-state index contributed by atoms with van der Waals surface area (Å²) < 4.78 is 0. The van der Waals surface area contributed by atoms with E-state index >= 15 is 0 Å². The molecule has 1 heterocycles. The Morgan fingerprint density at radius 2 is 1.58 bits per heavy atom. The Balaban J connectivity index is 1.63. The summed E-state index contributed by atoms with van der Waals surface area (Å²) in [6.07, 6.45) is 3.89. The van der Waals surface area contributed by atoms with Crippen LogP contribution >= 0.6 is 11.8 Å². The van der Waals surface area contributed by atoms with Gasteiger partial charge in [0, 0.05) is 11.1 Å². The number of amides is 2. The summed E-state index contributed by atoms with van der Waals surface area (Å²) >= 11 is 0.874. The van der Waals surface area contributed by atoms with Crippen LogP contribution in [-0.4, -0.2) is 16.9 Å². The molecule has 0 aromatic heterocycles. The van der Waals surface area contributed by atoms with E-state index < -0.39 is 5.91 Å². The lowest BCUT2D eigenvalue weighted by Crippen LogP contribution is -2.34. The highest BCUT2D eigenvalue weighted by Crippen LogP contribution is 2.47. The van der Waals surface area contributed by atoms with E-state index in [0.717, 1.165) is 41.3 Å². The van der Waals surface area contributed by atoms with E-state index in [4.69, 9.17) is 0 Å². The van der Waals surface area contributed by atoms with Gasteiger partial charge in [-0.1, -0.05) is 64.6 Å². The summed E-state index contributed by atoms with van der Waals surface area (Å²) in [5, 5.41) is 1.86. The first-order chi connectivity index (χ1) is 15.4. The molecule has 170 valence electrons. The molecule has 1 aliphatic heterocycles. The molecule has 4 rings (SSSR count). The van der Waals surface area contributed by atoms with Crippen molar-refractivity contribution >= 4 is 40.3 Å². The maximum atomic E-state index is 13.3. The summed E-state index contributed by atoms with van der Waals surface area (Å²) in [6.45, 7) is 15.3. The van der Waals surface area contributed by atoms with Gasteiger partial charge in [-0.25, -0.2) is 0 Å². The summed E-state index contributed by atoms with van der Waals surface area (Å²) in [5.74, 6) is -0.513. The number of fused-ring (bicyclic) bond motifs is 1. The predicted octanol–water partition coefficient (Wildman–Crippen LogP) is 6.56. The molecule has 1 aliphatic carbocycles. The van der Waals surface area contributed by atoms with Crippen molar-refractivity contribution in [1.29, 1.82) is 0 Å². The van der Waals surface area contributed by atoms with E-state index in [1.54, 1.807) is 30.3 Å². The highest BCUT2D eigenvalue weighted by molar-refractivity contribution is 8.18. The van der Waals surface area contributed by atoms with Crippen LogP contribution in [0.4, 0.5) is 4.79 Å². The van der Waals surface area contributed by atoms with Crippen molar-refractivity contribution in [2.24, 2.45) is 0 Å². The molecule has 0 unspecified atom stereocenters. The van der Waals surface area contributed by atoms with Gasteiger partial charge in [-0.15, -0.1) is 0 Å². The van der Waals surface area contributed by atoms with E-state index in [-0.39, 0.29) is 21.9 Å². The number of allylic oxidation sites excluding steroid dienone is 1. The van der Waals surface area contributed by atoms with Crippen molar-refractivity contribution in [3.63, 3.8) is 0 Å². The van der Waals surface area contributed by atoms with Gasteiger partial charge in [-0.3, -0.25) is 19.7 Å². The van der Waals surface area contributed by atoms with Crippen molar-refractivity contribution in [3.05, 3.63) is 81.3 Å². The second kappa shape index (κ2) is 8.14. The van der Waals surface area contributed by atoms with E-state index in [9.17, 15) is 14.4 Å². The minimum absolute atomic E-state index is 0.0533. The van der Waals surface area contributed by atoms with Crippen LogP contribution < -0.4 is 5.32 Å². The van der Waals surface area contributed by atoms with Crippen LogP contribution in [0.5, 0.6) is 0 Å². The minimum Gasteiger partial charge on any atom is -0.289 e. The van der Waals surface area contributed by atoms with Crippen molar-refractivity contribution in [3.8, 4) is 0 Å². The van der Waals surface area contributed by atoms with Gasteiger partial charge >= 0.3 is 0 Å². The molecule has 0 saturated carbocycles. The molecule has 0 radical (unpaired) electrons. The van der Waals surface area contributed by atoms with Gasteiger partial charge in [0.05, 0.1) is 4.91 Å². The number of imide groups is 1. The lowest BCUT2D eigenvalue weighted by atomic mass is 9.62. The molecule has 2 aromatic rings. The number of carbonyl (C=O) groups is 3. The maximum Gasteiger partial charge on any atom is 0.290 e. The summed E-state index contributed by atoms with van der Waals surface area (Å²) in [4.78, 5) is 36.7. The molecule has 2 aliphatic rings. The minimum atomic E-state index is -0.396. The highest BCUT2D eigenvalue weighted by atomic mass is 32.2. The number of thioether (sulfide) groups is 1. The van der Waals surface area contributed by atoms with Crippen LogP contribution in [0.1, 0.15) is 78.7 Å². The predicted molar refractivity (Wildman–Crippen MR) is 135 cm³/mol. The largest absolute Gasteiger partial charge is 0.290 e. The maximum absolute atomic E-state index is 13.3. The molecule has 33 heavy (non-hydrogen) atoms. The number of ketones is 1. The normalized spacial score (nSPS) is 19.8. The topological polar surface area (TPSA) is 63.2 Å². The van der Waals surface area contributed by atoms with Gasteiger partial charge in [0.2, 0.25) is 0 Å². The van der Waals surface area contributed by atoms with Crippen molar-refractivity contribution < 1.29 is 14.4 Å². The fourth-order valence-electron chi connectivity index (χ4n) is 4.65. The third kappa shape index (κ3) is 4.34. The van der Waals surface area contributed by atoms with Gasteiger partial charge in [-0.2, -0.15) is 0 Å². The van der Waals surface area contributed by atoms with Crippen LogP contribution in [0, 0.1) is 6.92 Å². The second-order valence-electron chi connectivity index (χ2n) is 10.3. The van der Waals surface area contributed by atoms with Gasteiger partial charge in [-0.05, 0) is 82.3 Å². The van der Waals surface area contributed by atoms with Crippen molar-refractivity contribution in [2.75, 3.05) is 0 Å². The number of benzene rings is 2. The number of hydrogen-bond acceptors (Lipinski definition) is 4. The molecule has 1 N–H and O–H groups in total. The molecule has 1 saturated heterocycles. The lowest BCUT2D eigenvalue weighted by Gasteiger charge is -2.42. The van der Waals surface area contributed by atoms with Gasteiger partial charge < -0.3 is 0 Å². The van der Waals surface area contributed by atoms with Gasteiger partial charge in [0.25, 0.3) is 11.1 Å². The number of rotatable bonds is 4. The van der Waals surface area contributed by atoms with Crippen LogP contribution in [0.2, 0.25) is 0 Å². The second-order valence-corrected chi connectivity index (χ2v) is 11.3. The zero-order chi connectivity index (χ0) is 24.1. The van der Waals surface area contributed by atoms with E-state index in [2.05, 4.69) is 51.7 Å². The first kappa shape index (κ1) is 23.2. The number of nitrogens with one attached hydrogen (secondary N) is 1. The Kier molecular flexibility index (Phi) is 5.73. The SMILES string of the molecule is C=C(C(=O)c1ccc(/C=C2\SC(=O)NC2=O)cc1)c1cc2c(cc1C)C(C)(C)CCC2(C)C. The molecule has 4 nitrogen and oxygen atoms in total. The van der Waals surface area contributed by atoms with Crippen LogP contribution in [0.15, 0.2) is 47.9 Å². The molecule has 0 spiro atoms. The van der Waals surface area contributed by atoms with Crippen LogP contribution in [0.25, 0.3) is 11.6 Å². The fourth-order valence-corrected chi connectivity index (χ4v) is 5.33. The summed E-state index contributed by atoms with van der Waals surface area (Å²) in [7, 11) is 0. The summed E-state index contributed by atoms with van der Waals surface area (Å²) in [6, 6.07) is 11.4. The Bertz CT molecular complexity index is 1230. The fraction of sp³-hybridized carbons (Fsp3) is 0.321. The molecule has 0 bridgehead atoms. The molecule has 5 heteroatoms. The Labute approximate surface area is 199 Å². The molecule has 1 fully saturated rings.